The van der Waals surface area contributed by atoms with E-state index >= 15 is 0 Å². The minimum absolute atomic E-state index is 0.0215. The Kier molecular flexibility index (Phi) is 5.95. The predicted molar refractivity (Wildman–Crippen MR) is 121 cm³/mol. The molecule has 0 aliphatic heterocycles. The Morgan fingerprint density at radius 3 is 2.68 bits per heavy atom. The second-order valence-electron chi connectivity index (χ2n) is 7.46. The standard InChI is InChI=1S/C24H25N5O2/c1-29(2)21(17-8-4-5-10-22(17)31-3)15-26-24(30)16-11-12-18-20(14-16)28-23(27-18)19-9-6-7-13-25-19/h4-14,21H,15H2,1-3H3,(H,26,30)(H,27,28). The Morgan fingerprint density at radius 2 is 1.94 bits per heavy atom. The van der Waals surface area contributed by atoms with Crippen molar-refractivity contribution in [3.63, 3.8) is 0 Å². The van der Waals surface area contributed by atoms with E-state index in [0.717, 1.165) is 28.0 Å². The van der Waals surface area contributed by atoms with E-state index in [2.05, 4.69) is 25.2 Å². The third-order valence-corrected chi connectivity index (χ3v) is 5.23. The largest absolute Gasteiger partial charge is 0.496 e. The van der Waals surface area contributed by atoms with Gasteiger partial charge in [-0.15, -0.1) is 0 Å². The molecule has 7 heteroatoms. The maximum atomic E-state index is 12.9. The molecule has 0 aliphatic rings. The molecular formula is C24H25N5O2. The van der Waals surface area contributed by atoms with E-state index in [1.54, 1.807) is 19.4 Å². The molecule has 1 amide bonds. The molecule has 4 aromatic rings. The summed E-state index contributed by atoms with van der Waals surface area (Å²) in [6.45, 7) is 0.451. The number of pyridine rings is 1. The summed E-state index contributed by atoms with van der Waals surface area (Å²) in [5.41, 5.74) is 3.94. The van der Waals surface area contributed by atoms with E-state index in [-0.39, 0.29) is 11.9 Å². The van der Waals surface area contributed by atoms with Crippen LogP contribution in [0.25, 0.3) is 22.6 Å². The van der Waals surface area contributed by atoms with Gasteiger partial charge in [0.1, 0.15) is 11.4 Å². The zero-order valence-corrected chi connectivity index (χ0v) is 17.8. The van der Waals surface area contributed by atoms with E-state index < -0.39 is 0 Å². The van der Waals surface area contributed by atoms with Gasteiger partial charge in [0, 0.05) is 23.9 Å². The number of benzene rings is 2. The van der Waals surface area contributed by atoms with Crippen molar-refractivity contribution in [3.8, 4) is 17.3 Å². The topological polar surface area (TPSA) is 83.1 Å². The summed E-state index contributed by atoms with van der Waals surface area (Å²) in [7, 11) is 5.63. The minimum atomic E-state index is -0.141. The molecule has 0 saturated carbocycles. The number of hydrogen-bond donors (Lipinski definition) is 2. The first kappa shape index (κ1) is 20.6. The molecule has 0 spiro atoms. The SMILES string of the molecule is COc1ccccc1C(CNC(=O)c1ccc2nc(-c3ccccn3)[nH]c2c1)N(C)C. The van der Waals surface area contributed by atoms with E-state index in [1.807, 2.05) is 68.7 Å². The van der Waals surface area contributed by atoms with Gasteiger partial charge < -0.3 is 19.9 Å². The molecule has 0 fully saturated rings. The molecule has 0 aliphatic carbocycles. The Balaban J connectivity index is 1.52. The summed E-state index contributed by atoms with van der Waals surface area (Å²) in [5, 5.41) is 3.05. The summed E-state index contributed by atoms with van der Waals surface area (Å²) in [6, 6.07) is 19.0. The van der Waals surface area contributed by atoms with Crippen molar-refractivity contribution in [2.45, 2.75) is 6.04 Å². The van der Waals surface area contributed by atoms with Crippen molar-refractivity contribution in [2.75, 3.05) is 27.7 Å². The van der Waals surface area contributed by atoms with Crippen molar-refractivity contribution in [1.29, 1.82) is 0 Å². The van der Waals surface area contributed by atoms with Crippen LogP contribution in [0.2, 0.25) is 0 Å². The van der Waals surface area contributed by atoms with Crippen LogP contribution in [0, 0.1) is 0 Å². The molecular weight excluding hydrogens is 390 g/mol. The number of likely N-dealkylation sites (N-methyl/N-ethyl adjacent to an activating group) is 1. The molecule has 2 aromatic heterocycles. The molecule has 1 unspecified atom stereocenters. The molecule has 1 atom stereocenters. The van der Waals surface area contributed by atoms with Crippen molar-refractivity contribution < 1.29 is 9.53 Å². The third kappa shape index (κ3) is 4.41. The summed E-state index contributed by atoms with van der Waals surface area (Å²) in [4.78, 5) is 27.1. The van der Waals surface area contributed by atoms with Gasteiger partial charge in [-0.05, 0) is 50.5 Å². The van der Waals surface area contributed by atoms with Crippen LogP contribution >= 0.6 is 0 Å². The maximum Gasteiger partial charge on any atom is 0.251 e. The van der Waals surface area contributed by atoms with Crippen LogP contribution < -0.4 is 10.1 Å². The summed E-state index contributed by atoms with van der Waals surface area (Å²) < 4.78 is 5.50. The highest BCUT2D eigenvalue weighted by Crippen LogP contribution is 2.27. The molecule has 31 heavy (non-hydrogen) atoms. The highest BCUT2D eigenvalue weighted by Gasteiger charge is 2.19. The lowest BCUT2D eigenvalue weighted by atomic mass is 10.0. The van der Waals surface area contributed by atoms with Gasteiger partial charge in [-0.3, -0.25) is 9.78 Å². The fourth-order valence-electron chi connectivity index (χ4n) is 3.58. The monoisotopic (exact) mass is 415 g/mol. The number of ether oxygens (including phenoxy) is 1. The Bertz CT molecular complexity index is 1190. The van der Waals surface area contributed by atoms with Crippen LogP contribution in [0.4, 0.5) is 0 Å². The van der Waals surface area contributed by atoms with Crippen molar-refractivity contribution >= 4 is 16.9 Å². The second-order valence-corrected chi connectivity index (χ2v) is 7.46. The lowest BCUT2D eigenvalue weighted by molar-refractivity contribution is 0.0941. The average Bonchev–Trinajstić information content (AvgIpc) is 3.23. The number of amides is 1. The molecule has 158 valence electrons. The number of fused-ring (bicyclic) bond motifs is 1. The van der Waals surface area contributed by atoms with E-state index in [1.165, 1.54) is 0 Å². The first-order valence-corrected chi connectivity index (χ1v) is 10.1. The summed E-state index contributed by atoms with van der Waals surface area (Å²) >= 11 is 0. The number of aromatic amines is 1. The van der Waals surface area contributed by atoms with Crippen LogP contribution in [0.1, 0.15) is 22.0 Å². The molecule has 2 aromatic carbocycles. The number of carbonyl (C=O) groups excluding carboxylic acids is 1. The molecule has 0 saturated heterocycles. The third-order valence-electron chi connectivity index (χ3n) is 5.23. The smallest absolute Gasteiger partial charge is 0.251 e. The number of carbonyl (C=O) groups is 1. The molecule has 2 heterocycles. The zero-order chi connectivity index (χ0) is 21.8. The molecule has 0 radical (unpaired) electrons. The number of rotatable bonds is 7. The number of nitrogens with one attached hydrogen (secondary N) is 2. The first-order valence-electron chi connectivity index (χ1n) is 10.1. The number of hydrogen-bond acceptors (Lipinski definition) is 5. The van der Waals surface area contributed by atoms with Crippen molar-refractivity contribution in [3.05, 3.63) is 78.0 Å². The number of H-pyrrole nitrogens is 1. The molecule has 2 N–H and O–H groups in total. The Hall–Kier alpha value is -3.71. The number of imidazole rings is 1. The Morgan fingerprint density at radius 1 is 1.13 bits per heavy atom. The van der Waals surface area contributed by atoms with Crippen molar-refractivity contribution in [1.82, 2.24) is 25.2 Å². The van der Waals surface area contributed by atoms with E-state index in [0.29, 0.717) is 17.9 Å². The average molecular weight is 415 g/mol. The van der Waals surface area contributed by atoms with Gasteiger partial charge in [-0.25, -0.2) is 4.98 Å². The highest BCUT2D eigenvalue weighted by molar-refractivity contribution is 5.97. The molecule has 7 nitrogen and oxygen atoms in total. The van der Waals surface area contributed by atoms with E-state index in [4.69, 9.17) is 4.74 Å². The molecule has 4 rings (SSSR count). The van der Waals surface area contributed by atoms with Crippen LogP contribution in [-0.4, -0.2) is 53.5 Å². The quantitative estimate of drug-likeness (QED) is 0.481. The second kappa shape index (κ2) is 8.97. The van der Waals surface area contributed by atoms with Crippen molar-refractivity contribution in [2.24, 2.45) is 0 Å². The minimum Gasteiger partial charge on any atom is -0.496 e. The number of aromatic nitrogens is 3. The normalized spacial score (nSPS) is 12.1. The Labute approximate surface area is 181 Å². The van der Waals surface area contributed by atoms with E-state index in [9.17, 15) is 4.79 Å². The van der Waals surface area contributed by atoms with Crippen LogP contribution in [0.15, 0.2) is 66.9 Å². The summed E-state index contributed by atoms with van der Waals surface area (Å²) in [5.74, 6) is 1.34. The van der Waals surface area contributed by atoms with Crippen LogP contribution in [0.3, 0.4) is 0 Å². The lowest BCUT2D eigenvalue weighted by Crippen LogP contribution is -2.34. The van der Waals surface area contributed by atoms with Gasteiger partial charge in [-0.1, -0.05) is 24.3 Å². The van der Waals surface area contributed by atoms with Gasteiger partial charge in [0.05, 0.1) is 24.2 Å². The van der Waals surface area contributed by atoms with Gasteiger partial charge in [0.2, 0.25) is 0 Å². The first-order chi connectivity index (χ1) is 15.1. The highest BCUT2D eigenvalue weighted by atomic mass is 16.5. The van der Waals surface area contributed by atoms with Gasteiger partial charge in [0.15, 0.2) is 5.82 Å². The fraction of sp³-hybridized carbons (Fsp3) is 0.208. The number of methoxy groups -OCH3 is 1. The van der Waals surface area contributed by atoms with Gasteiger partial charge >= 0.3 is 0 Å². The fourth-order valence-corrected chi connectivity index (χ4v) is 3.58. The van der Waals surface area contributed by atoms with Crippen LogP contribution in [0.5, 0.6) is 5.75 Å². The summed E-state index contributed by atoms with van der Waals surface area (Å²) in [6.07, 6.45) is 1.73. The predicted octanol–water partition coefficient (Wildman–Crippen LogP) is 3.67. The lowest BCUT2D eigenvalue weighted by Gasteiger charge is -2.26. The zero-order valence-electron chi connectivity index (χ0n) is 17.8. The van der Waals surface area contributed by atoms with Crippen LogP contribution in [-0.2, 0) is 0 Å². The van der Waals surface area contributed by atoms with Gasteiger partial charge in [0.25, 0.3) is 5.91 Å². The van der Waals surface area contributed by atoms with Gasteiger partial charge in [-0.2, -0.15) is 0 Å². The molecule has 0 bridgehead atoms. The number of para-hydroxylation sites is 1. The number of nitrogens with zero attached hydrogens (tertiary/aromatic N) is 3. The maximum absolute atomic E-state index is 12.9.